The Labute approximate surface area is 227 Å². The topological polar surface area (TPSA) is 71.4 Å². The highest BCUT2D eigenvalue weighted by Crippen LogP contribution is 2.32. The van der Waals surface area contributed by atoms with Crippen molar-refractivity contribution in [1.29, 1.82) is 0 Å². The number of carbonyl (C=O) groups excluding carboxylic acids is 2. The van der Waals surface area contributed by atoms with Crippen molar-refractivity contribution in [1.82, 2.24) is 14.8 Å². The van der Waals surface area contributed by atoms with Crippen LogP contribution in [0.2, 0.25) is 0 Å². The molecule has 1 N–H and O–H groups in total. The molecule has 0 radical (unpaired) electrons. The van der Waals surface area contributed by atoms with Crippen molar-refractivity contribution in [3.8, 4) is 5.69 Å². The Bertz CT molecular complexity index is 1590. The van der Waals surface area contributed by atoms with Crippen LogP contribution in [-0.4, -0.2) is 35.4 Å². The summed E-state index contributed by atoms with van der Waals surface area (Å²) in [6, 6.07) is 13.1. The zero-order valence-corrected chi connectivity index (χ0v) is 22.9. The van der Waals surface area contributed by atoms with E-state index < -0.39 is 29.1 Å². The molecule has 6 nitrogen and oxygen atoms in total. The third kappa shape index (κ3) is 5.28. The van der Waals surface area contributed by atoms with Crippen LogP contribution in [0, 0.1) is 9.81 Å². The molecule has 0 saturated heterocycles. The van der Waals surface area contributed by atoms with Gasteiger partial charge in [0.1, 0.15) is 5.56 Å². The highest BCUT2D eigenvalue weighted by Gasteiger charge is 2.31. The maximum absolute atomic E-state index is 13.5. The number of aromatic nitrogens is 1. The van der Waals surface area contributed by atoms with Gasteiger partial charge >= 0.3 is 6.18 Å². The van der Waals surface area contributed by atoms with Gasteiger partial charge in [-0.15, -0.1) is 11.3 Å². The van der Waals surface area contributed by atoms with Crippen molar-refractivity contribution in [2.45, 2.75) is 19.6 Å². The minimum absolute atomic E-state index is 0.0303. The number of thiophene rings is 1. The fraction of sp³-hybridized carbons (Fsp3) is 0.192. The second-order valence-corrected chi connectivity index (χ2v) is 11.3. The fourth-order valence-corrected chi connectivity index (χ4v) is 6.09. The van der Waals surface area contributed by atoms with Gasteiger partial charge in [0.05, 0.1) is 14.0 Å². The average Bonchev–Trinajstić information content (AvgIpc) is 3.16. The van der Waals surface area contributed by atoms with Crippen LogP contribution in [0.1, 0.15) is 37.5 Å². The molecule has 0 atom stereocenters. The number of amides is 2. The van der Waals surface area contributed by atoms with Crippen LogP contribution >= 0.6 is 33.9 Å². The summed E-state index contributed by atoms with van der Waals surface area (Å²) in [7, 11) is 3.01. The lowest BCUT2D eigenvalue weighted by Crippen LogP contribution is -2.36. The highest BCUT2D eigenvalue weighted by atomic mass is 127. The number of benzene rings is 2. The van der Waals surface area contributed by atoms with Crippen LogP contribution in [-0.2, 0) is 12.7 Å². The molecule has 11 heteroatoms. The lowest BCUT2D eigenvalue weighted by atomic mass is 10.1. The third-order valence-corrected chi connectivity index (χ3v) is 8.15. The van der Waals surface area contributed by atoms with E-state index in [-0.39, 0.29) is 29.1 Å². The minimum Gasteiger partial charge on any atom is -0.348 e. The molecule has 37 heavy (non-hydrogen) atoms. The number of nitrogens with one attached hydrogen (secondary N) is 1. The summed E-state index contributed by atoms with van der Waals surface area (Å²) in [5, 5.41) is 3.73. The Morgan fingerprint density at radius 1 is 1.05 bits per heavy atom. The van der Waals surface area contributed by atoms with Crippen molar-refractivity contribution < 1.29 is 22.8 Å². The molecule has 0 aliphatic heterocycles. The molecule has 0 unspecified atom stereocenters. The molecule has 4 aromatic rings. The largest absolute Gasteiger partial charge is 0.416 e. The van der Waals surface area contributed by atoms with Crippen molar-refractivity contribution in [2.24, 2.45) is 0 Å². The second-order valence-electron chi connectivity index (χ2n) is 8.48. The van der Waals surface area contributed by atoms with E-state index in [0.29, 0.717) is 0 Å². The van der Waals surface area contributed by atoms with Crippen LogP contribution in [0.15, 0.2) is 59.4 Å². The van der Waals surface area contributed by atoms with E-state index in [1.807, 2.05) is 24.3 Å². The van der Waals surface area contributed by atoms with E-state index in [9.17, 15) is 27.6 Å². The van der Waals surface area contributed by atoms with Gasteiger partial charge in [0, 0.05) is 42.3 Å². The molecule has 2 aromatic carbocycles. The first-order valence-electron chi connectivity index (χ1n) is 11.0. The zero-order valence-electron chi connectivity index (χ0n) is 19.9. The van der Waals surface area contributed by atoms with E-state index in [4.69, 9.17) is 0 Å². The van der Waals surface area contributed by atoms with E-state index in [0.717, 1.165) is 35.2 Å². The fourth-order valence-electron chi connectivity index (χ4n) is 3.95. The van der Waals surface area contributed by atoms with Gasteiger partial charge in [0.15, 0.2) is 0 Å². The number of alkyl halides is 3. The quantitative estimate of drug-likeness (QED) is 0.289. The molecule has 2 aromatic heterocycles. The Kier molecular flexibility index (Phi) is 7.47. The first-order valence-corrected chi connectivity index (χ1v) is 12.9. The number of hydrogen-bond acceptors (Lipinski definition) is 4. The van der Waals surface area contributed by atoms with Crippen LogP contribution in [0.4, 0.5) is 13.2 Å². The molecular weight excluding hydrogens is 618 g/mol. The molecule has 0 saturated carbocycles. The van der Waals surface area contributed by atoms with E-state index in [2.05, 4.69) is 27.9 Å². The van der Waals surface area contributed by atoms with Gasteiger partial charge in [-0.1, -0.05) is 24.3 Å². The summed E-state index contributed by atoms with van der Waals surface area (Å²) in [5.74, 6) is -1.23. The first-order chi connectivity index (χ1) is 17.4. The third-order valence-electron chi connectivity index (χ3n) is 5.83. The molecule has 0 bridgehead atoms. The van der Waals surface area contributed by atoms with Crippen LogP contribution in [0.5, 0.6) is 0 Å². The number of fused-ring (bicyclic) bond motifs is 1. The number of nitrogens with zero attached hydrogens (tertiary/aromatic N) is 2. The predicted octanol–water partition coefficient (Wildman–Crippen LogP) is 5.62. The number of carbonyl (C=O) groups is 2. The number of rotatable bonds is 5. The molecule has 2 heterocycles. The molecule has 0 aliphatic rings. The van der Waals surface area contributed by atoms with Crippen LogP contribution in [0.25, 0.3) is 15.8 Å². The van der Waals surface area contributed by atoms with E-state index in [1.165, 1.54) is 44.1 Å². The Morgan fingerprint density at radius 3 is 2.43 bits per heavy atom. The van der Waals surface area contributed by atoms with Crippen LogP contribution in [0.3, 0.4) is 0 Å². The predicted molar refractivity (Wildman–Crippen MR) is 146 cm³/mol. The first kappa shape index (κ1) is 26.9. The lowest BCUT2D eigenvalue weighted by Gasteiger charge is -2.19. The number of hydrogen-bond donors (Lipinski definition) is 1. The molecule has 0 spiro atoms. The average molecular weight is 639 g/mol. The Hall–Kier alpha value is -3.19. The van der Waals surface area contributed by atoms with E-state index >= 15 is 0 Å². The maximum Gasteiger partial charge on any atom is 0.416 e. The normalized spacial score (nSPS) is 11.5. The number of pyridine rings is 1. The van der Waals surface area contributed by atoms with Gasteiger partial charge in [-0.25, -0.2) is 0 Å². The van der Waals surface area contributed by atoms with Crippen molar-refractivity contribution in [3.63, 3.8) is 0 Å². The molecule has 0 fully saturated rings. The van der Waals surface area contributed by atoms with Crippen molar-refractivity contribution >= 4 is 55.8 Å². The molecule has 192 valence electrons. The SMILES string of the molecule is Cc1c(C(=O)N(C)C)cc(C(=O)NCc2c(I)sc3ccccc23)c(=O)n1-c1cccc(C(F)(F)F)c1. The summed E-state index contributed by atoms with van der Waals surface area (Å²) in [4.78, 5) is 40.9. The molecule has 4 rings (SSSR count). The van der Waals surface area contributed by atoms with Gasteiger partial charge in [-0.3, -0.25) is 19.0 Å². The minimum atomic E-state index is -4.63. The van der Waals surface area contributed by atoms with Crippen LogP contribution < -0.4 is 10.9 Å². The standard InChI is InChI=1S/C26H21F3IN3O3S/c1-14-18(24(35)32(2)3)12-19(25(36)33(14)16-8-6-7-15(11-16)26(27,28)29)23(34)31-13-20-17-9-4-5-10-21(17)37-22(20)30/h4-12H,13H2,1-3H3,(H,31,34). The Balaban J connectivity index is 1.81. The monoisotopic (exact) mass is 639 g/mol. The maximum atomic E-state index is 13.5. The van der Waals surface area contributed by atoms with Gasteiger partial charge < -0.3 is 10.2 Å². The summed E-state index contributed by atoms with van der Waals surface area (Å²) in [5.41, 5.74) is -1.17. The Morgan fingerprint density at radius 2 is 1.76 bits per heavy atom. The second kappa shape index (κ2) is 10.3. The van der Waals surface area contributed by atoms with Crippen molar-refractivity contribution in [2.75, 3.05) is 14.1 Å². The lowest BCUT2D eigenvalue weighted by molar-refractivity contribution is -0.137. The number of halogens is 4. The van der Waals surface area contributed by atoms with Crippen molar-refractivity contribution in [3.05, 3.63) is 95.8 Å². The summed E-state index contributed by atoms with van der Waals surface area (Å²) in [6.07, 6.45) is -4.63. The molecular formula is C26H21F3IN3O3S. The highest BCUT2D eigenvalue weighted by molar-refractivity contribution is 14.1. The zero-order chi connectivity index (χ0) is 27.1. The summed E-state index contributed by atoms with van der Waals surface area (Å²) in [6.45, 7) is 1.59. The smallest absolute Gasteiger partial charge is 0.348 e. The van der Waals surface area contributed by atoms with Gasteiger partial charge in [0.2, 0.25) is 0 Å². The van der Waals surface area contributed by atoms with Gasteiger partial charge in [0.25, 0.3) is 17.4 Å². The van der Waals surface area contributed by atoms with E-state index in [1.54, 1.807) is 11.3 Å². The molecule has 2 amide bonds. The van der Waals surface area contributed by atoms with Gasteiger partial charge in [-0.05, 0) is 65.2 Å². The molecule has 0 aliphatic carbocycles. The summed E-state index contributed by atoms with van der Waals surface area (Å²) >= 11 is 3.76. The van der Waals surface area contributed by atoms with Gasteiger partial charge in [-0.2, -0.15) is 13.2 Å². The summed E-state index contributed by atoms with van der Waals surface area (Å²) < 4.78 is 43.1.